The highest BCUT2D eigenvalue weighted by atomic mass is 16.2. The lowest BCUT2D eigenvalue weighted by Crippen LogP contribution is -2.45. The number of nitriles is 1. The lowest BCUT2D eigenvalue weighted by molar-refractivity contribution is -0.133. The summed E-state index contributed by atoms with van der Waals surface area (Å²) in [5.41, 5.74) is 1.29. The molecule has 0 spiro atoms. The van der Waals surface area contributed by atoms with Crippen LogP contribution in [0.4, 0.5) is 0 Å². The number of carbonyl (C=O) groups is 1. The Bertz CT molecular complexity index is 810. The molecule has 2 aromatic carbocycles. The first-order chi connectivity index (χ1) is 11.8. The summed E-state index contributed by atoms with van der Waals surface area (Å²) in [5.74, 6) is 0.453. The van der Waals surface area contributed by atoms with Gasteiger partial charge in [-0.15, -0.1) is 0 Å². The van der Waals surface area contributed by atoms with Gasteiger partial charge in [-0.25, -0.2) is 0 Å². The van der Waals surface area contributed by atoms with Gasteiger partial charge in [-0.2, -0.15) is 5.26 Å². The van der Waals surface area contributed by atoms with Crippen molar-refractivity contribution in [1.29, 1.82) is 5.26 Å². The first kappa shape index (κ1) is 15.2. The lowest BCUT2D eigenvalue weighted by atomic mass is 9.94. The molecule has 1 N–H and O–H groups in total. The van der Waals surface area contributed by atoms with Crippen molar-refractivity contribution in [3.8, 4) is 6.07 Å². The number of amides is 1. The van der Waals surface area contributed by atoms with Gasteiger partial charge in [-0.05, 0) is 41.5 Å². The minimum absolute atomic E-state index is 0.0994. The summed E-state index contributed by atoms with van der Waals surface area (Å²) in [5, 5.41) is 15.1. The van der Waals surface area contributed by atoms with E-state index in [1.807, 2.05) is 0 Å². The van der Waals surface area contributed by atoms with E-state index in [0.717, 1.165) is 32.4 Å². The van der Waals surface area contributed by atoms with Gasteiger partial charge in [0.25, 0.3) is 0 Å². The average Bonchev–Trinajstić information content (AvgIpc) is 3.30. The number of hydrogen-bond acceptors (Lipinski definition) is 3. The Morgan fingerprint density at radius 1 is 1.21 bits per heavy atom. The molecule has 0 aliphatic carbocycles. The number of nitrogens with zero attached hydrogens (tertiary/aromatic N) is 2. The van der Waals surface area contributed by atoms with E-state index in [-0.39, 0.29) is 18.0 Å². The zero-order chi connectivity index (χ0) is 16.5. The maximum atomic E-state index is 12.7. The van der Waals surface area contributed by atoms with E-state index in [2.05, 4.69) is 53.9 Å². The highest BCUT2D eigenvalue weighted by molar-refractivity contribution is 5.84. The standard InChI is InChI=1S/C20H21N3O/c21-12-18-6-3-9-23(18)20(24)19-11-17(13-22-19)16-8-7-14-4-1-2-5-15(14)10-16/h1-2,4-5,7-8,10,17-19,22H,3,6,9,11,13H2/t17-,18-,19-/m0/s1. The number of carbonyl (C=O) groups excluding carboxylic acids is 1. The van der Waals surface area contributed by atoms with E-state index in [4.69, 9.17) is 0 Å². The van der Waals surface area contributed by atoms with E-state index in [9.17, 15) is 10.1 Å². The predicted octanol–water partition coefficient (Wildman–Crippen LogP) is 2.80. The quantitative estimate of drug-likeness (QED) is 0.926. The topological polar surface area (TPSA) is 56.1 Å². The van der Waals surface area contributed by atoms with Crippen LogP contribution in [0.15, 0.2) is 42.5 Å². The molecule has 2 fully saturated rings. The fourth-order valence-corrected chi connectivity index (χ4v) is 4.00. The van der Waals surface area contributed by atoms with Crippen molar-refractivity contribution in [3.63, 3.8) is 0 Å². The Hall–Kier alpha value is -2.38. The number of hydrogen-bond donors (Lipinski definition) is 1. The average molecular weight is 319 g/mol. The number of rotatable bonds is 2. The zero-order valence-electron chi connectivity index (χ0n) is 13.6. The van der Waals surface area contributed by atoms with Crippen LogP contribution in [0.3, 0.4) is 0 Å². The van der Waals surface area contributed by atoms with E-state index in [1.54, 1.807) is 4.90 Å². The van der Waals surface area contributed by atoms with Gasteiger partial charge < -0.3 is 10.2 Å². The Balaban J connectivity index is 1.49. The first-order valence-electron chi connectivity index (χ1n) is 8.68. The second kappa shape index (κ2) is 6.26. The van der Waals surface area contributed by atoms with Crippen LogP contribution in [0.1, 0.15) is 30.7 Å². The molecule has 1 amide bonds. The lowest BCUT2D eigenvalue weighted by Gasteiger charge is -2.23. The molecule has 24 heavy (non-hydrogen) atoms. The third-order valence-corrected chi connectivity index (χ3v) is 5.36. The number of likely N-dealkylation sites (tertiary alicyclic amines) is 1. The van der Waals surface area contributed by atoms with Gasteiger partial charge in [-0.3, -0.25) is 4.79 Å². The van der Waals surface area contributed by atoms with Crippen molar-refractivity contribution in [2.45, 2.75) is 37.3 Å². The van der Waals surface area contributed by atoms with Gasteiger partial charge in [0.1, 0.15) is 6.04 Å². The summed E-state index contributed by atoms with van der Waals surface area (Å²) >= 11 is 0. The van der Waals surface area contributed by atoms with Gasteiger partial charge in [0.05, 0.1) is 12.1 Å². The van der Waals surface area contributed by atoms with Crippen molar-refractivity contribution in [1.82, 2.24) is 10.2 Å². The summed E-state index contributed by atoms with van der Waals surface area (Å²) in [4.78, 5) is 14.5. The number of nitrogens with one attached hydrogen (secondary N) is 1. The minimum atomic E-state index is -0.237. The number of benzene rings is 2. The molecule has 0 aromatic heterocycles. The van der Waals surface area contributed by atoms with Crippen molar-refractivity contribution in [2.75, 3.05) is 13.1 Å². The zero-order valence-corrected chi connectivity index (χ0v) is 13.6. The number of fused-ring (bicyclic) bond motifs is 1. The van der Waals surface area contributed by atoms with E-state index >= 15 is 0 Å². The molecule has 2 aliphatic heterocycles. The summed E-state index contributed by atoms with van der Waals surface area (Å²) in [6, 6.07) is 16.8. The molecule has 2 heterocycles. The van der Waals surface area contributed by atoms with Crippen molar-refractivity contribution in [3.05, 3.63) is 48.0 Å². The first-order valence-corrected chi connectivity index (χ1v) is 8.68. The molecule has 4 rings (SSSR count). The molecule has 4 nitrogen and oxygen atoms in total. The third kappa shape index (κ3) is 2.65. The molecule has 0 bridgehead atoms. The summed E-state index contributed by atoms with van der Waals surface area (Å²) in [6.07, 6.45) is 2.56. The molecule has 2 aromatic rings. The van der Waals surface area contributed by atoms with Gasteiger partial charge in [0.2, 0.25) is 5.91 Å². The van der Waals surface area contributed by atoms with Crippen LogP contribution in [0.5, 0.6) is 0 Å². The molecular formula is C20H21N3O. The maximum Gasteiger partial charge on any atom is 0.240 e. The smallest absolute Gasteiger partial charge is 0.240 e. The van der Waals surface area contributed by atoms with Gasteiger partial charge in [-0.1, -0.05) is 42.5 Å². The normalized spacial score (nSPS) is 26.6. The Kier molecular flexibility index (Phi) is 3.95. The van der Waals surface area contributed by atoms with Crippen molar-refractivity contribution in [2.24, 2.45) is 0 Å². The van der Waals surface area contributed by atoms with Gasteiger partial charge in [0, 0.05) is 13.1 Å². The monoisotopic (exact) mass is 319 g/mol. The summed E-state index contributed by atoms with van der Waals surface area (Å²) in [7, 11) is 0. The van der Waals surface area contributed by atoms with E-state index < -0.39 is 0 Å². The predicted molar refractivity (Wildman–Crippen MR) is 93.4 cm³/mol. The summed E-state index contributed by atoms with van der Waals surface area (Å²) in [6.45, 7) is 1.54. The van der Waals surface area contributed by atoms with Crippen molar-refractivity contribution >= 4 is 16.7 Å². The largest absolute Gasteiger partial charge is 0.325 e. The second-order valence-corrected chi connectivity index (χ2v) is 6.82. The fraction of sp³-hybridized carbons (Fsp3) is 0.400. The van der Waals surface area contributed by atoms with Crippen LogP contribution in [-0.2, 0) is 4.79 Å². The Morgan fingerprint density at radius 3 is 2.88 bits per heavy atom. The Labute approximate surface area is 142 Å². The minimum Gasteiger partial charge on any atom is -0.325 e. The van der Waals surface area contributed by atoms with Crippen LogP contribution in [0.2, 0.25) is 0 Å². The second-order valence-electron chi connectivity index (χ2n) is 6.82. The van der Waals surface area contributed by atoms with Gasteiger partial charge in [0.15, 0.2) is 0 Å². The SMILES string of the molecule is N#C[C@@H]1CCCN1C(=O)[C@@H]1C[C@H](c2ccc3ccccc3c2)CN1. The maximum absolute atomic E-state index is 12.7. The fourth-order valence-electron chi connectivity index (χ4n) is 4.00. The van der Waals surface area contributed by atoms with Gasteiger partial charge >= 0.3 is 0 Å². The van der Waals surface area contributed by atoms with E-state index in [0.29, 0.717) is 5.92 Å². The van der Waals surface area contributed by atoms with Crippen LogP contribution in [0.25, 0.3) is 10.8 Å². The third-order valence-electron chi connectivity index (χ3n) is 5.36. The summed E-state index contributed by atoms with van der Waals surface area (Å²) < 4.78 is 0. The van der Waals surface area contributed by atoms with Crippen LogP contribution < -0.4 is 5.32 Å². The molecule has 2 aliphatic rings. The molecule has 122 valence electrons. The molecule has 0 saturated carbocycles. The highest BCUT2D eigenvalue weighted by Gasteiger charge is 2.37. The van der Waals surface area contributed by atoms with Crippen molar-refractivity contribution < 1.29 is 4.79 Å². The molecule has 0 radical (unpaired) electrons. The molecular weight excluding hydrogens is 298 g/mol. The Morgan fingerprint density at radius 2 is 2.04 bits per heavy atom. The van der Waals surface area contributed by atoms with Crippen LogP contribution >= 0.6 is 0 Å². The highest BCUT2D eigenvalue weighted by Crippen LogP contribution is 2.30. The molecule has 2 saturated heterocycles. The molecule has 0 unspecified atom stereocenters. The van der Waals surface area contributed by atoms with Crippen LogP contribution in [-0.4, -0.2) is 36.0 Å². The van der Waals surface area contributed by atoms with Crippen LogP contribution in [0, 0.1) is 11.3 Å². The van der Waals surface area contributed by atoms with E-state index in [1.165, 1.54) is 16.3 Å². The molecule has 4 heteroatoms. The molecule has 3 atom stereocenters.